The lowest BCUT2D eigenvalue weighted by molar-refractivity contribution is 0.474. The number of aryl methyl sites for hydroxylation is 2. The third-order valence-electron chi connectivity index (χ3n) is 2.10. The molecule has 2 aromatic rings. The molecule has 1 aromatic carbocycles. The molecule has 1 heterocycles. The molecule has 82 valence electrons. The van der Waals surface area contributed by atoms with Gasteiger partial charge in [-0.1, -0.05) is 6.07 Å². The summed E-state index contributed by atoms with van der Waals surface area (Å²) in [5.74, 6) is 0.238. The predicted molar refractivity (Wildman–Crippen MR) is 61.5 cm³/mol. The van der Waals surface area contributed by atoms with Crippen LogP contribution in [0.15, 0.2) is 34.3 Å². The molecule has 0 spiro atoms. The van der Waals surface area contributed by atoms with Gasteiger partial charge in [0.25, 0.3) is 0 Å². The van der Waals surface area contributed by atoms with Gasteiger partial charge < -0.3 is 5.11 Å². The van der Waals surface area contributed by atoms with E-state index < -0.39 is 0 Å². The molecule has 5 heteroatoms. The molecule has 0 atom stereocenters. The first-order valence-electron chi connectivity index (χ1n) is 4.80. The molecule has 0 amide bonds. The molecule has 0 unspecified atom stereocenters. The smallest absolute Gasteiger partial charge is 0.214 e. The molecule has 0 saturated heterocycles. The fourth-order valence-corrected chi connectivity index (χ4v) is 1.93. The van der Waals surface area contributed by atoms with Crippen LogP contribution in [0.2, 0.25) is 0 Å². The van der Waals surface area contributed by atoms with E-state index in [0.29, 0.717) is 5.16 Å². The Kier molecular flexibility index (Phi) is 3.05. The first-order chi connectivity index (χ1) is 7.65. The highest BCUT2D eigenvalue weighted by atomic mass is 32.2. The van der Waals surface area contributed by atoms with Crippen LogP contribution in [0.3, 0.4) is 0 Å². The van der Waals surface area contributed by atoms with Crippen molar-refractivity contribution in [1.29, 1.82) is 0 Å². The van der Waals surface area contributed by atoms with Gasteiger partial charge in [-0.05, 0) is 43.8 Å². The maximum Gasteiger partial charge on any atom is 0.214 e. The Bertz CT molecular complexity index is 516. The van der Waals surface area contributed by atoms with Crippen molar-refractivity contribution in [3.8, 4) is 5.75 Å². The van der Waals surface area contributed by atoms with Crippen molar-refractivity contribution >= 4 is 11.8 Å². The van der Waals surface area contributed by atoms with Crippen molar-refractivity contribution in [2.24, 2.45) is 0 Å². The number of hydrogen-bond acceptors (Lipinski definition) is 5. The molecule has 0 aliphatic rings. The van der Waals surface area contributed by atoms with E-state index in [4.69, 9.17) is 0 Å². The monoisotopic (exact) mass is 233 g/mol. The number of nitrogens with zero attached hydrogens (tertiary/aromatic N) is 3. The zero-order valence-corrected chi connectivity index (χ0v) is 9.82. The standard InChI is InChI=1S/C11H11N3OS/c1-7-8(2)13-14-11(12-7)16-10-5-3-4-9(15)6-10/h3-6,15H,1-2H3. The van der Waals surface area contributed by atoms with E-state index in [1.165, 1.54) is 11.8 Å². The van der Waals surface area contributed by atoms with Crippen molar-refractivity contribution < 1.29 is 5.11 Å². The molecule has 0 aliphatic carbocycles. The summed E-state index contributed by atoms with van der Waals surface area (Å²) in [4.78, 5) is 5.20. The van der Waals surface area contributed by atoms with Gasteiger partial charge in [-0.3, -0.25) is 0 Å². The highest BCUT2D eigenvalue weighted by molar-refractivity contribution is 7.99. The summed E-state index contributed by atoms with van der Waals surface area (Å²) in [6.45, 7) is 3.77. The fourth-order valence-electron chi connectivity index (χ4n) is 1.13. The average molecular weight is 233 g/mol. The Morgan fingerprint density at radius 1 is 1.12 bits per heavy atom. The molecule has 1 N–H and O–H groups in total. The molecule has 0 fully saturated rings. The largest absolute Gasteiger partial charge is 0.508 e. The lowest BCUT2D eigenvalue weighted by Gasteiger charge is -2.02. The third kappa shape index (κ3) is 2.49. The minimum absolute atomic E-state index is 0.238. The number of phenolic OH excluding ortho intramolecular Hbond substituents is 1. The van der Waals surface area contributed by atoms with Crippen LogP contribution in [0.5, 0.6) is 5.75 Å². The number of aromatic hydroxyl groups is 1. The maximum absolute atomic E-state index is 9.32. The highest BCUT2D eigenvalue weighted by Crippen LogP contribution is 2.26. The van der Waals surface area contributed by atoms with Crippen LogP contribution in [0.4, 0.5) is 0 Å². The van der Waals surface area contributed by atoms with Crippen molar-refractivity contribution in [3.63, 3.8) is 0 Å². The number of phenols is 1. The van der Waals surface area contributed by atoms with Gasteiger partial charge in [0.2, 0.25) is 5.16 Å². The minimum Gasteiger partial charge on any atom is -0.508 e. The van der Waals surface area contributed by atoms with Crippen LogP contribution in [0.25, 0.3) is 0 Å². The first-order valence-corrected chi connectivity index (χ1v) is 5.61. The lowest BCUT2D eigenvalue weighted by Crippen LogP contribution is -1.97. The van der Waals surface area contributed by atoms with Crippen LogP contribution < -0.4 is 0 Å². The zero-order valence-electron chi connectivity index (χ0n) is 9.01. The maximum atomic E-state index is 9.32. The molecular formula is C11H11N3OS. The van der Waals surface area contributed by atoms with Gasteiger partial charge in [0, 0.05) is 4.90 Å². The molecule has 0 radical (unpaired) electrons. The molecule has 4 nitrogen and oxygen atoms in total. The van der Waals surface area contributed by atoms with Crippen molar-refractivity contribution in [2.45, 2.75) is 23.9 Å². The third-order valence-corrected chi connectivity index (χ3v) is 2.94. The zero-order chi connectivity index (χ0) is 11.5. The summed E-state index contributed by atoms with van der Waals surface area (Å²) in [6.07, 6.45) is 0. The first kappa shape index (κ1) is 10.9. The second-order valence-electron chi connectivity index (χ2n) is 3.36. The summed E-state index contributed by atoms with van der Waals surface area (Å²) in [7, 11) is 0. The highest BCUT2D eigenvalue weighted by Gasteiger charge is 2.04. The van der Waals surface area contributed by atoms with Gasteiger partial charge >= 0.3 is 0 Å². The van der Waals surface area contributed by atoms with Gasteiger partial charge in [-0.15, -0.1) is 5.10 Å². The van der Waals surface area contributed by atoms with Gasteiger partial charge in [0.05, 0.1) is 11.4 Å². The minimum atomic E-state index is 0.238. The number of hydrogen-bond donors (Lipinski definition) is 1. The van der Waals surface area contributed by atoms with Crippen molar-refractivity contribution in [2.75, 3.05) is 0 Å². The summed E-state index contributed by atoms with van der Waals surface area (Å²) in [6, 6.07) is 6.97. The Morgan fingerprint density at radius 2 is 1.94 bits per heavy atom. The topological polar surface area (TPSA) is 58.9 Å². The normalized spacial score (nSPS) is 10.4. The molecular weight excluding hydrogens is 222 g/mol. The molecule has 0 saturated carbocycles. The van der Waals surface area contributed by atoms with Crippen LogP contribution in [0.1, 0.15) is 11.4 Å². The van der Waals surface area contributed by atoms with Gasteiger partial charge in [0.1, 0.15) is 5.75 Å². The van der Waals surface area contributed by atoms with E-state index >= 15 is 0 Å². The molecule has 2 rings (SSSR count). The average Bonchev–Trinajstić information content (AvgIpc) is 2.24. The quantitative estimate of drug-likeness (QED) is 0.862. The Balaban J connectivity index is 2.24. The summed E-state index contributed by atoms with van der Waals surface area (Å²) in [5.41, 5.74) is 1.71. The van der Waals surface area contributed by atoms with E-state index in [2.05, 4.69) is 15.2 Å². The second kappa shape index (κ2) is 4.49. The predicted octanol–water partition coefficient (Wildman–Crippen LogP) is 2.35. The SMILES string of the molecule is Cc1nnc(Sc2cccc(O)c2)nc1C. The van der Waals surface area contributed by atoms with Gasteiger partial charge in [0.15, 0.2) is 0 Å². The van der Waals surface area contributed by atoms with E-state index in [9.17, 15) is 5.11 Å². The van der Waals surface area contributed by atoms with Crippen molar-refractivity contribution in [1.82, 2.24) is 15.2 Å². The van der Waals surface area contributed by atoms with E-state index in [0.717, 1.165) is 16.3 Å². The van der Waals surface area contributed by atoms with E-state index in [1.807, 2.05) is 19.9 Å². The fraction of sp³-hybridized carbons (Fsp3) is 0.182. The van der Waals surface area contributed by atoms with E-state index in [-0.39, 0.29) is 5.75 Å². The van der Waals surface area contributed by atoms with Crippen molar-refractivity contribution in [3.05, 3.63) is 35.7 Å². The summed E-state index contributed by atoms with van der Waals surface area (Å²) in [5, 5.41) is 17.9. The Labute approximate surface area is 97.8 Å². The second-order valence-corrected chi connectivity index (χ2v) is 4.41. The Morgan fingerprint density at radius 3 is 2.62 bits per heavy atom. The van der Waals surface area contributed by atoms with Crippen LogP contribution in [-0.2, 0) is 0 Å². The molecule has 0 bridgehead atoms. The molecule has 1 aromatic heterocycles. The lowest BCUT2D eigenvalue weighted by atomic mass is 10.3. The summed E-state index contributed by atoms with van der Waals surface area (Å²) < 4.78 is 0. The number of aromatic nitrogens is 3. The van der Waals surface area contributed by atoms with Gasteiger partial charge in [-0.2, -0.15) is 5.10 Å². The van der Waals surface area contributed by atoms with Crippen LogP contribution >= 0.6 is 11.8 Å². The van der Waals surface area contributed by atoms with Crippen LogP contribution in [-0.4, -0.2) is 20.3 Å². The van der Waals surface area contributed by atoms with Crippen LogP contribution in [0, 0.1) is 13.8 Å². The molecule has 0 aliphatic heterocycles. The molecule has 16 heavy (non-hydrogen) atoms. The number of rotatable bonds is 2. The summed E-state index contributed by atoms with van der Waals surface area (Å²) >= 11 is 1.38. The number of benzene rings is 1. The van der Waals surface area contributed by atoms with E-state index in [1.54, 1.807) is 18.2 Å². The van der Waals surface area contributed by atoms with Gasteiger partial charge in [-0.25, -0.2) is 4.98 Å². The Hall–Kier alpha value is -1.62.